The quantitative estimate of drug-likeness (QED) is 0.742. The lowest BCUT2D eigenvalue weighted by Gasteiger charge is -2.13. The fourth-order valence-corrected chi connectivity index (χ4v) is 2.52. The van der Waals surface area contributed by atoms with E-state index in [0.29, 0.717) is 24.9 Å². The van der Waals surface area contributed by atoms with Crippen molar-refractivity contribution in [2.24, 2.45) is 0 Å². The number of nitrogens with one attached hydrogen (secondary N) is 1. The van der Waals surface area contributed by atoms with E-state index in [1.54, 1.807) is 0 Å². The highest BCUT2D eigenvalue weighted by Gasteiger charge is 2.15. The van der Waals surface area contributed by atoms with E-state index in [-0.39, 0.29) is 18.2 Å². The summed E-state index contributed by atoms with van der Waals surface area (Å²) in [5.41, 5.74) is 0.100. The lowest BCUT2D eigenvalue weighted by Crippen LogP contribution is -2.26. The number of halogens is 1. The predicted octanol–water partition coefficient (Wildman–Crippen LogP) is 1.26. The van der Waals surface area contributed by atoms with Crippen LogP contribution in [-0.2, 0) is 11.3 Å². The Morgan fingerprint density at radius 3 is 2.95 bits per heavy atom. The van der Waals surface area contributed by atoms with Crippen molar-refractivity contribution in [3.8, 4) is 0 Å². The minimum atomic E-state index is -0.401. The Bertz CT molecular complexity index is 486. The van der Waals surface area contributed by atoms with Crippen LogP contribution in [0, 0.1) is 0 Å². The van der Waals surface area contributed by atoms with Crippen LogP contribution in [0.4, 0.5) is 5.69 Å². The molecule has 0 aromatic carbocycles. The lowest BCUT2D eigenvalue weighted by atomic mass is 10.3. The molecule has 1 fully saturated rings. The van der Waals surface area contributed by atoms with E-state index in [9.17, 15) is 4.79 Å². The van der Waals surface area contributed by atoms with Gasteiger partial charge in [-0.05, 0) is 12.8 Å². The van der Waals surface area contributed by atoms with Crippen molar-refractivity contribution < 1.29 is 9.84 Å². The number of aliphatic hydroxyl groups excluding tert-OH is 1. The summed E-state index contributed by atoms with van der Waals surface area (Å²) in [5, 5.41) is 15.9. The smallest absolute Gasteiger partial charge is 0.287 e. The topological polar surface area (TPSA) is 76.4 Å². The second-order valence-electron chi connectivity index (χ2n) is 4.83. The number of hydrogen-bond acceptors (Lipinski definition) is 5. The van der Waals surface area contributed by atoms with E-state index < -0.39 is 5.56 Å². The number of rotatable bonds is 7. The monoisotopic (exact) mass is 301 g/mol. The minimum Gasteiger partial charge on any atom is -0.394 e. The number of ether oxygens (including phenoxy) is 1. The summed E-state index contributed by atoms with van der Waals surface area (Å²) in [6.07, 6.45) is 6.64. The largest absolute Gasteiger partial charge is 0.394 e. The van der Waals surface area contributed by atoms with Crippen LogP contribution < -0.4 is 10.9 Å². The highest BCUT2D eigenvalue weighted by Crippen LogP contribution is 2.20. The third-order valence-corrected chi connectivity index (χ3v) is 3.74. The molecule has 7 heteroatoms. The number of hydrogen-bond donors (Lipinski definition) is 2. The zero-order chi connectivity index (χ0) is 14.4. The van der Waals surface area contributed by atoms with Crippen molar-refractivity contribution in [3.05, 3.63) is 21.6 Å². The Kier molecular flexibility index (Phi) is 5.82. The first-order valence-electron chi connectivity index (χ1n) is 6.94. The molecule has 20 heavy (non-hydrogen) atoms. The minimum absolute atomic E-state index is 0.0920. The standard InChI is InChI=1S/C13H20ClN3O3/c14-12-11(9-16-17(6-7-18)13(12)19)15-5-8-20-10-3-1-2-4-10/h9-10,15,18H,1-8H2. The maximum absolute atomic E-state index is 11.8. The molecule has 1 aliphatic rings. The summed E-state index contributed by atoms with van der Waals surface area (Å²) in [6, 6.07) is 0. The van der Waals surface area contributed by atoms with Gasteiger partial charge in [-0.3, -0.25) is 4.79 Å². The molecular formula is C13H20ClN3O3. The molecule has 0 atom stereocenters. The zero-order valence-corrected chi connectivity index (χ0v) is 12.1. The molecule has 0 bridgehead atoms. The Labute approximate surface area is 122 Å². The van der Waals surface area contributed by atoms with Gasteiger partial charge in [0.05, 0.1) is 37.7 Å². The van der Waals surface area contributed by atoms with Crippen LogP contribution in [0.3, 0.4) is 0 Å². The van der Waals surface area contributed by atoms with E-state index >= 15 is 0 Å². The van der Waals surface area contributed by atoms with E-state index in [2.05, 4.69) is 10.4 Å². The molecule has 2 N–H and O–H groups in total. The van der Waals surface area contributed by atoms with E-state index in [0.717, 1.165) is 17.5 Å². The van der Waals surface area contributed by atoms with Crippen molar-refractivity contribution in [1.29, 1.82) is 0 Å². The molecular weight excluding hydrogens is 282 g/mol. The van der Waals surface area contributed by atoms with Gasteiger partial charge in [0.1, 0.15) is 5.02 Å². The number of anilines is 1. The average Bonchev–Trinajstić information content (AvgIpc) is 2.95. The maximum Gasteiger partial charge on any atom is 0.287 e. The predicted molar refractivity (Wildman–Crippen MR) is 77.3 cm³/mol. The van der Waals surface area contributed by atoms with Gasteiger partial charge in [-0.25, -0.2) is 4.68 Å². The maximum atomic E-state index is 11.8. The Morgan fingerprint density at radius 1 is 1.50 bits per heavy atom. The summed E-state index contributed by atoms with van der Waals surface area (Å²) < 4.78 is 6.86. The van der Waals surface area contributed by atoms with Crippen LogP contribution >= 0.6 is 11.6 Å². The molecule has 112 valence electrons. The van der Waals surface area contributed by atoms with Gasteiger partial charge in [0, 0.05) is 6.54 Å². The molecule has 0 spiro atoms. The Hall–Kier alpha value is -1.11. The van der Waals surface area contributed by atoms with Gasteiger partial charge in [-0.15, -0.1) is 0 Å². The Morgan fingerprint density at radius 2 is 2.25 bits per heavy atom. The number of aliphatic hydroxyl groups is 1. The normalized spacial score (nSPS) is 15.7. The molecule has 0 unspecified atom stereocenters. The van der Waals surface area contributed by atoms with Crippen molar-refractivity contribution in [2.75, 3.05) is 25.1 Å². The van der Waals surface area contributed by atoms with E-state index in [4.69, 9.17) is 21.4 Å². The van der Waals surface area contributed by atoms with Gasteiger partial charge < -0.3 is 15.2 Å². The fourth-order valence-electron chi connectivity index (χ4n) is 2.31. The van der Waals surface area contributed by atoms with Crippen LogP contribution in [-0.4, -0.2) is 40.7 Å². The van der Waals surface area contributed by atoms with Gasteiger partial charge in [0.25, 0.3) is 5.56 Å². The molecule has 1 aromatic heterocycles. The van der Waals surface area contributed by atoms with Crippen LogP contribution in [0.2, 0.25) is 5.02 Å². The molecule has 1 saturated carbocycles. The first kappa shape index (κ1) is 15.3. The van der Waals surface area contributed by atoms with Crippen molar-refractivity contribution in [2.45, 2.75) is 38.3 Å². The summed E-state index contributed by atoms with van der Waals surface area (Å²) in [7, 11) is 0. The van der Waals surface area contributed by atoms with Gasteiger partial charge >= 0.3 is 0 Å². The van der Waals surface area contributed by atoms with E-state index in [1.165, 1.54) is 19.0 Å². The van der Waals surface area contributed by atoms with Gasteiger partial charge in [0.2, 0.25) is 0 Å². The first-order chi connectivity index (χ1) is 9.72. The van der Waals surface area contributed by atoms with E-state index in [1.807, 2.05) is 0 Å². The summed E-state index contributed by atoms with van der Waals surface area (Å²) in [6.45, 7) is 1.16. The lowest BCUT2D eigenvalue weighted by molar-refractivity contribution is 0.0659. The molecule has 2 rings (SSSR count). The summed E-state index contributed by atoms with van der Waals surface area (Å²) in [4.78, 5) is 11.8. The third-order valence-electron chi connectivity index (χ3n) is 3.37. The van der Waals surface area contributed by atoms with Crippen molar-refractivity contribution in [1.82, 2.24) is 9.78 Å². The van der Waals surface area contributed by atoms with Crippen LogP contribution in [0.15, 0.2) is 11.0 Å². The van der Waals surface area contributed by atoms with Gasteiger partial charge in [-0.2, -0.15) is 5.10 Å². The number of aromatic nitrogens is 2. The Balaban J connectivity index is 1.83. The van der Waals surface area contributed by atoms with Crippen molar-refractivity contribution >= 4 is 17.3 Å². The highest BCUT2D eigenvalue weighted by atomic mass is 35.5. The third kappa shape index (κ3) is 3.94. The molecule has 1 heterocycles. The molecule has 1 aromatic rings. The second kappa shape index (κ2) is 7.61. The SMILES string of the molecule is O=c1c(Cl)c(NCCOC2CCCC2)cnn1CCO. The highest BCUT2D eigenvalue weighted by molar-refractivity contribution is 6.32. The van der Waals surface area contributed by atoms with Gasteiger partial charge in [-0.1, -0.05) is 24.4 Å². The molecule has 0 saturated heterocycles. The average molecular weight is 302 g/mol. The summed E-state index contributed by atoms with van der Waals surface area (Å²) >= 11 is 5.98. The molecule has 0 aliphatic heterocycles. The van der Waals surface area contributed by atoms with Crippen LogP contribution in [0.25, 0.3) is 0 Å². The van der Waals surface area contributed by atoms with Crippen LogP contribution in [0.1, 0.15) is 25.7 Å². The molecule has 0 radical (unpaired) electrons. The molecule has 0 amide bonds. The van der Waals surface area contributed by atoms with Gasteiger partial charge in [0.15, 0.2) is 0 Å². The number of nitrogens with zero attached hydrogens (tertiary/aromatic N) is 2. The fraction of sp³-hybridized carbons (Fsp3) is 0.692. The molecule has 6 nitrogen and oxygen atoms in total. The summed E-state index contributed by atoms with van der Waals surface area (Å²) in [5.74, 6) is 0. The zero-order valence-electron chi connectivity index (χ0n) is 11.3. The first-order valence-corrected chi connectivity index (χ1v) is 7.32. The molecule has 1 aliphatic carbocycles. The van der Waals surface area contributed by atoms with Crippen LogP contribution in [0.5, 0.6) is 0 Å². The van der Waals surface area contributed by atoms with Crippen molar-refractivity contribution in [3.63, 3.8) is 0 Å². The second-order valence-corrected chi connectivity index (χ2v) is 5.21.